The summed E-state index contributed by atoms with van der Waals surface area (Å²) in [5, 5.41) is 0. The Bertz CT molecular complexity index is 468. The summed E-state index contributed by atoms with van der Waals surface area (Å²) in [6, 6.07) is 8.78. The lowest BCUT2D eigenvalue weighted by Gasteiger charge is -2.17. The fourth-order valence-corrected chi connectivity index (χ4v) is 2.34. The summed E-state index contributed by atoms with van der Waals surface area (Å²) in [5.41, 5.74) is 7.24. The minimum Gasteiger partial charge on any atom is -0.493 e. The Labute approximate surface area is 107 Å². The molecule has 1 aromatic rings. The third kappa shape index (κ3) is 2.15. The van der Waals surface area contributed by atoms with E-state index in [0.717, 1.165) is 5.75 Å². The monoisotopic (exact) mass is 245 g/mol. The molecule has 1 aliphatic heterocycles. The lowest BCUT2D eigenvalue weighted by atomic mass is 10.0. The highest BCUT2D eigenvalue weighted by molar-refractivity contribution is 5.78. The minimum atomic E-state index is 0.340. The van der Waals surface area contributed by atoms with Gasteiger partial charge in [-0.3, -0.25) is 4.99 Å². The van der Waals surface area contributed by atoms with Crippen molar-refractivity contribution in [3.05, 3.63) is 29.8 Å². The SMILES string of the molecule is CN(C(N)=NCC1COc2ccccc21)C1CC1. The molecule has 1 aliphatic carbocycles. The van der Waals surface area contributed by atoms with Crippen LogP contribution in [0.4, 0.5) is 0 Å². The molecular weight excluding hydrogens is 226 g/mol. The summed E-state index contributed by atoms with van der Waals surface area (Å²) in [7, 11) is 2.02. The van der Waals surface area contributed by atoms with E-state index in [-0.39, 0.29) is 0 Å². The van der Waals surface area contributed by atoms with Gasteiger partial charge in [0, 0.05) is 24.6 Å². The third-order valence-electron chi connectivity index (χ3n) is 3.73. The van der Waals surface area contributed by atoms with Crippen LogP contribution in [-0.4, -0.2) is 37.1 Å². The maximum absolute atomic E-state index is 5.99. The molecule has 0 bridgehead atoms. The van der Waals surface area contributed by atoms with Crippen molar-refractivity contribution in [1.29, 1.82) is 0 Å². The van der Waals surface area contributed by atoms with Gasteiger partial charge in [-0.2, -0.15) is 0 Å². The standard InChI is InChI=1S/C14H19N3O/c1-17(11-6-7-11)14(15)16-8-10-9-18-13-5-3-2-4-12(10)13/h2-5,10-11H,6-9H2,1H3,(H2,15,16). The topological polar surface area (TPSA) is 50.8 Å². The predicted octanol–water partition coefficient (Wildman–Crippen LogP) is 1.57. The average Bonchev–Trinajstić information content (AvgIpc) is 3.16. The van der Waals surface area contributed by atoms with Crippen molar-refractivity contribution in [1.82, 2.24) is 4.90 Å². The van der Waals surface area contributed by atoms with Gasteiger partial charge in [0.05, 0.1) is 13.2 Å². The van der Waals surface area contributed by atoms with Crippen molar-refractivity contribution in [2.75, 3.05) is 20.2 Å². The first-order valence-corrected chi connectivity index (χ1v) is 6.50. The van der Waals surface area contributed by atoms with Gasteiger partial charge in [0.15, 0.2) is 5.96 Å². The third-order valence-corrected chi connectivity index (χ3v) is 3.73. The van der Waals surface area contributed by atoms with Gasteiger partial charge in [-0.1, -0.05) is 18.2 Å². The number of ether oxygens (including phenoxy) is 1. The number of aliphatic imine (C=N–C) groups is 1. The molecule has 3 rings (SSSR count). The summed E-state index contributed by atoms with van der Waals surface area (Å²) < 4.78 is 5.64. The Morgan fingerprint density at radius 2 is 2.22 bits per heavy atom. The minimum absolute atomic E-state index is 0.340. The molecule has 18 heavy (non-hydrogen) atoms. The molecule has 4 heteroatoms. The first kappa shape index (κ1) is 11.4. The second-order valence-electron chi connectivity index (χ2n) is 5.09. The van der Waals surface area contributed by atoms with Crippen LogP contribution < -0.4 is 10.5 Å². The van der Waals surface area contributed by atoms with Gasteiger partial charge in [-0.25, -0.2) is 0 Å². The summed E-state index contributed by atoms with van der Waals surface area (Å²) in [6.07, 6.45) is 2.48. The van der Waals surface area contributed by atoms with Gasteiger partial charge in [0.1, 0.15) is 5.75 Å². The van der Waals surface area contributed by atoms with Crippen molar-refractivity contribution < 1.29 is 4.74 Å². The van der Waals surface area contributed by atoms with E-state index >= 15 is 0 Å². The van der Waals surface area contributed by atoms with Crippen LogP contribution >= 0.6 is 0 Å². The summed E-state index contributed by atoms with van der Waals surface area (Å²) >= 11 is 0. The molecule has 1 fully saturated rings. The molecule has 0 amide bonds. The molecule has 0 radical (unpaired) electrons. The lowest BCUT2D eigenvalue weighted by Crippen LogP contribution is -2.36. The number of guanidine groups is 1. The molecule has 1 aromatic carbocycles. The molecule has 1 saturated carbocycles. The Kier molecular flexibility index (Phi) is 2.86. The number of nitrogens with zero attached hydrogens (tertiary/aromatic N) is 2. The molecular formula is C14H19N3O. The van der Waals surface area contributed by atoms with Crippen LogP contribution in [0.15, 0.2) is 29.3 Å². The second kappa shape index (κ2) is 4.52. The van der Waals surface area contributed by atoms with E-state index < -0.39 is 0 Å². The van der Waals surface area contributed by atoms with Gasteiger partial charge in [0.2, 0.25) is 0 Å². The van der Waals surface area contributed by atoms with Crippen molar-refractivity contribution >= 4 is 5.96 Å². The maximum Gasteiger partial charge on any atom is 0.191 e. The second-order valence-corrected chi connectivity index (χ2v) is 5.09. The van der Waals surface area contributed by atoms with Crippen molar-refractivity contribution in [2.45, 2.75) is 24.8 Å². The zero-order valence-electron chi connectivity index (χ0n) is 10.7. The Morgan fingerprint density at radius 3 is 3.00 bits per heavy atom. The van der Waals surface area contributed by atoms with E-state index in [2.05, 4.69) is 16.0 Å². The van der Waals surface area contributed by atoms with Gasteiger partial charge in [-0.15, -0.1) is 0 Å². The molecule has 0 saturated heterocycles. The summed E-state index contributed by atoms with van der Waals surface area (Å²) in [4.78, 5) is 6.59. The smallest absolute Gasteiger partial charge is 0.191 e. The normalized spacial score (nSPS) is 22.5. The average molecular weight is 245 g/mol. The Hall–Kier alpha value is -1.71. The van der Waals surface area contributed by atoms with Gasteiger partial charge in [0.25, 0.3) is 0 Å². The molecule has 2 N–H and O–H groups in total. The number of hydrogen-bond donors (Lipinski definition) is 1. The van der Waals surface area contributed by atoms with Crippen LogP contribution in [0.25, 0.3) is 0 Å². The number of para-hydroxylation sites is 1. The first-order chi connectivity index (χ1) is 8.75. The molecule has 1 heterocycles. The largest absolute Gasteiger partial charge is 0.493 e. The van der Waals surface area contributed by atoms with Crippen LogP contribution in [0, 0.1) is 0 Å². The van der Waals surface area contributed by atoms with Gasteiger partial charge >= 0.3 is 0 Å². The van der Waals surface area contributed by atoms with E-state index in [0.29, 0.717) is 31.1 Å². The molecule has 96 valence electrons. The van der Waals surface area contributed by atoms with E-state index in [9.17, 15) is 0 Å². The van der Waals surface area contributed by atoms with Gasteiger partial charge < -0.3 is 15.4 Å². The van der Waals surface area contributed by atoms with Crippen LogP contribution in [-0.2, 0) is 0 Å². The van der Waals surface area contributed by atoms with Crippen LogP contribution in [0.3, 0.4) is 0 Å². The number of fused-ring (bicyclic) bond motifs is 1. The van der Waals surface area contributed by atoms with E-state index in [4.69, 9.17) is 10.5 Å². The van der Waals surface area contributed by atoms with E-state index in [1.165, 1.54) is 18.4 Å². The molecule has 2 aliphatic rings. The van der Waals surface area contributed by atoms with E-state index in [1.54, 1.807) is 0 Å². The van der Waals surface area contributed by atoms with Crippen molar-refractivity contribution in [2.24, 2.45) is 10.7 Å². The number of nitrogens with two attached hydrogens (primary N) is 1. The first-order valence-electron chi connectivity index (χ1n) is 6.50. The van der Waals surface area contributed by atoms with Crippen LogP contribution in [0.5, 0.6) is 5.75 Å². The summed E-state index contributed by atoms with van der Waals surface area (Å²) in [5.74, 6) is 1.99. The molecule has 4 nitrogen and oxygen atoms in total. The Balaban J connectivity index is 1.65. The highest BCUT2D eigenvalue weighted by Gasteiger charge is 2.28. The fourth-order valence-electron chi connectivity index (χ4n) is 2.34. The van der Waals surface area contributed by atoms with Crippen molar-refractivity contribution in [3.8, 4) is 5.75 Å². The van der Waals surface area contributed by atoms with Crippen LogP contribution in [0.1, 0.15) is 24.3 Å². The quantitative estimate of drug-likeness (QED) is 0.649. The molecule has 1 atom stereocenters. The Morgan fingerprint density at radius 1 is 1.44 bits per heavy atom. The van der Waals surface area contributed by atoms with Crippen LogP contribution in [0.2, 0.25) is 0 Å². The molecule has 1 unspecified atom stereocenters. The summed E-state index contributed by atoms with van der Waals surface area (Å²) in [6.45, 7) is 1.42. The van der Waals surface area contributed by atoms with E-state index in [1.807, 2.05) is 25.2 Å². The van der Waals surface area contributed by atoms with Crippen molar-refractivity contribution in [3.63, 3.8) is 0 Å². The lowest BCUT2D eigenvalue weighted by molar-refractivity contribution is 0.332. The molecule has 0 spiro atoms. The highest BCUT2D eigenvalue weighted by Crippen LogP contribution is 2.33. The zero-order valence-corrected chi connectivity index (χ0v) is 10.7. The maximum atomic E-state index is 5.99. The predicted molar refractivity (Wildman–Crippen MR) is 72.0 cm³/mol. The van der Waals surface area contributed by atoms with Gasteiger partial charge in [-0.05, 0) is 18.9 Å². The molecule has 0 aromatic heterocycles. The number of benzene rings is 1. The number of rotatable bonds is 3. The zero-order chi connectivity index (χ0) is 12.5. The fraction of sp³-hybridized carbons (Fsp3) is 0.500. The highest BCUT2D eigenvalue weighted by atomic mass is 16.5. The number of hydrogen-bond acceptors (Lipinski definition) is 2.